The molecule has 1 saturated carbocycles. The second-order valence-electron chi connectivity index (χ2n) is 4.47. The fraction of sp³-hybridized carbons (Fsp3) is 0.385. The molecule has 1 fully saturated rings. The van der Waals surface area contributed by atoms with Crippen molar-refractivity contribution in [2.24, 2.45) is 5.92 Å². The van der Waals surface area contributed by atoms with Gasteiger partial charge in [-0.05, 0) is 31.0 Å². The van der Waals surface area contributed by atoms with E-state index in [4.69, 9.17) is 5.11 Å². The van der Waals surface area contributed by atoms with Crippen LogP contribution >= 0.6 is 0 Å². The highest BCUT2D eigenvalue weighted by molar-refractivity contribution is 5.94. The Morgan fingerprint density at radius 2 is 2.11 bits per heavy atom. The third kappa shape index (κ3) is 2.67. The Balaban J connectivity index is 2.05. The molecule has 2 unspecified atom stereocenters. The Hall–Kier alpha value is -1.91. The lowest BCUT2D eigenvalue weighted by Crippen LogP contribution is -2.40. The summed E-state index contributed by atoms with van der Waals surface area (Å²) >= 11 is 0. The minimum Gasteiger partial charge on any atom is -0.481 e. The maximum Gasteiger partial charge on any atom is 0.308 e. The predicted molar refractivity (Wildman–Crippen MR) is 62.6 cm³/mol. The first-order valence-electron chi connectivity index (χ1n) is 5.87. The van der Waals surface area contributed by atoms with E-state index in [-0.39, 0.29) is 11.6 Å². The zero-order valence-electron chi connectivity index (χ0n) is 9.73. The van der Waals surface area contributed by atoms with Crippen LogP contribution in [0, 0.1) is 11.7 Å². The molecule has 0 aliphatic heterocycles. The van der Waals surface area contributed by atoms with Crippen LogP contribution in [-0.2, 0) is 4.79 Å². The molecule has 1 aromatic rings. The van der Waals surface area contributed by atoms with Crippen LogP contribution in [0.25, 0.3) is 0 Å². The summed E-state index contributed by atoms with van der Waals surface area (Å²) in [7, 11) is 0. The van der Waals surface area contributed by atoms with E-state index in [9.17, 15) is 14.0 Å². The van der Waals surface area contributed by atoms with E-state index in [2.05, 4.69) is 5.32 Å². The molecule has 1 aliphatic carbocycles. The van der Waals surface area contributed by atoms with Crippen molar-refractivity contribution in [2.75, 3.05) is 0 Å². The van der Waals surface area contributed by atoms with E-state index in [1.165, 1.54) is 18.2 Å². The number of aliphatic carboxylic acids is 1. The van der Waals surface area contributed by atoms with E-state index < -0.39 is 23.6 Å². The summed E-state index contributed by atoms with van der Waals surface area (Å²) in [6.45, 7) is 0. The Morgan fingerprint density at radius 3 is 2.78 bits per heavy atom. The predicted octanol–water partition coefficient (Wildman–Crippen LogP) is 1.81. The van der Waals surface area contributed by atoms with Crippen LogP contribution in [0.15, 0.2) is 24.3 Å². The highest BCUT2D eigenvalue weighted by Gasteiger charge is 2.33. The standard InChI is InChI=1S/C13H14FNO3/c14-9-4-1-3-8(7-9)12(16)15-11-6-2-5-10(11)13(17)18/h1,3-4,7,10-11H,2,5-6H2,(H,15,16)(H,17,18). The maximum atomic E-state index is 13.0. The van der Waals surface area contributed by atoms with E-state index >= 15 is 0 Å². The monoisotopic (exact) mass is 251 g/mol. The summed E-state index contributed by atoms with van der Waals surface area (Å²) in [6.07, 6.45) is 2.01. The first-order valence-corrected chi connectivity index (χ1v) is 5.87. The second kappa shape index (κ2) is 5.16. The lowest BCUT2D eigenvalue weighted by molar-refractivity contribution is -0.142. The van der Waals surface area contributed by atoms with Gasteiger partial charge in [0.2, 0.25) is 0 Å². The van der Waals surface area contributed by atoms with Crippen molar-refractivity contribution in [1.82, 2.24) is 5.32 Å². The van der Waals surface area contributed by atoms with Crippen LogP contribution in [0.3, 0.4) is 0 Å². The Morgan fingerprint density at radius 1 is 1.33 bits per heavy atom. The van der Waals surface area contributed by atoms with Gasteiger partial charge in [-0.1, -0.05) is 12.5 Å². The summed E-state index contributed by atoms with van der Waals surface area (Å²) in [5.41, 5.74) is 0.214. The molecule has 0 bridgehead atoms. The van der Waals surface area contributed by atoms with Gasteiger partial charge in [0, 0.05) is 11.6 Å². The first kappa shape index (κ1) is 12.5. The Bertz CT molecular complexity index is 475. The molecule has 0 radical (unpaired) electrons. The number of carbonyl (C=O) groups excluding carboxylic acids is 1. The molecule has 96 valence electrons. The minimum atomic E-state index is -0.892. The fourth-order valence-electron chi connectivity index (χ4n) is 2.31. The molecule has 0 spiro atoms. The van der Waals surface area contributed by atoms with Crippen molar-refractivity contribution in [2.45, 2.75) is 25.3 Å². The van der Waals surface area contributed by atoms with Gasteiger partial charge in [-0.2, -0.15) is 0 Å². The smallest absolute Gasteiger partial charge is 0.308 e. The fourth-order valence-corrected chi connectivity index (χ4v) is 2.31. The second-order valence-corrected chi connectivity index (χ2v) is 4.47. The Labute approximate surface area is 104 Å². The number of carboxylic acids is 1. The summed E-state index contributed by atoms with van der Waals surface area (Å²) in [6, 6.07) is 4.99. The highest BCUT2D eigenvalue weighted by atomic mass is 19.1. The van der Waals surface area contributed by atoms with E-state index in [1.54, 1.807) is 0 Å². The molecule has 5 heteroatoms. The SMILES string of the molecule is O=C(NC1CCCC1C(=O)O)c1cccc(F)c1. The molecular formula is C13H14FNO3. The Kier molecular flexibility index (Phi) is 3.60. The van der Waals surface area contributed by atoms with Gasteiger partial charge < -0.3 is 10.4 Å². The number of carboxylic acid groups (broad SMARTS) is 1. The maximum absolute atomic E-state index is 13.0. The van der Waals surface area contributed by atoms with Gasteiger partial charge in [0.15, 0.2) is 0 Å². The van der Waals surface area contributed by atoms with Gasteiger partial charge in [-0.15, -0.1) is 0 Å². The van der Waals surface area contributed by atoms with Gasteiger partial charge in [0.1, 0.15) is 5.82 Å². The number of rotatable bonds is 3. The van der Waals surface area contributed by atoms with Crippen molar-refractivity contribution >= 4 is 11.9 Å². The third-order valence-electron chi connectivity index (χ3n) is 3.24. The number of halogens is 1. The highest BCUT2D eigenvalue weighted by Crippen LogP contribution is 2.26. The molecule has 0 saturated heterocycles. The quantitative estimate of drug-likeness (QED) is 0.861. The number of nitrogens with one attached hydrogen (secondary N) is 1. The van der Waals surface area contributed by atoms with Crippen LogP contribution in [0.5, 0.6) is 0 Å². The summed E-state index contributed by atoms with van der Waals surface area (Å²) in [5.74, 6) is -2.34. The minimum absolute atomic E-state index is 0.214. The van der Waals surface area contributed by atoms with Gasteiger partial charge in [0.25, 0.3) is 5.91 Å². The lowest BCUT2D eigenvalue weighted by atomic mass is 10.0. The lowest BCUT2D eigenvalue weighted by Gasteiger charge is -2.17. The number of carbonyl (C=O) groups is 2. The van der Waals surface area contributed by atoms with Crippen LogP contribution in [-0.4, -0.2) is 23.0 Å². The van der Waals surface area contributed by atoms with Gasteiger partial charge >= 0.3 is 5.97 Å². The summed E-state index contributed by atoms with van der Waals surface area (Å²) < 4.78 is 13.0. The largest absolute Gasteiger partial charge is 0.481 e. The van der Waals surface area contributed by atoms with Crippen molar-refractivity contribution in [3.8, 4) is 0 Å². The molecular weight excluding hydrogens is 237 g/mol. The molecule has 2 N–H and O–H groups in total. The number of hydrogen-bond acceptors (Lipinski definition) is 2. The molecule has 4 nitrogen and oxygen atoms in total. The topological polar surface area (TPSA) is 66.4 Å². The van der Waals surface area contributed by atoms with Crippen LogP contribution in [0.2, 0.25) is 0 Å². The molecule has 1 aliphatic rings. The number of amides is 1. The van der Waals surface area contributed by atoms with E-state index in [0.29, 0.717) is 12.8 Å². The molecule has 2 rings (SSSR count). The molecule has 18 heavy (non-hydrogen) atoms. The van der Waals surface area contributed by atoms with Gasteiger partial charge in [0.05, 0.1) is 5.92 Å². The van der Waals surface area contributed by atoms with E-state index in [0.717, 1.165) is 12.5 Å². The van der Waals surface area contributed by atoms with Crippen LogP contribution in [0.4, 0.5) is 4.39 Å². The molecule has 0 aromatic heterocycles. The molecule has 1 aromatic carbocycles. The average molecular weight is 251 g/mol. The zero-order valence-corrected chi connectivity index (χ0v) is 9.73. The number of benzene rings is 1. The van der Waals surface area contributed by atoms with Crippen LogP contribution < -0.4 is 5.32 Å². The average Bonchev–Trinajstić information content (AvgIpc) is 2.77. The zero-order chi connectivity index (χ0) is 13.1. The van der Waals surface area contributed by atoms with Crippen molar-refractivity contribution in [1.29, 1.82) is 0 Å². The summed E-state index contributed by atoms with van der Waals surface area (Å²) in [4.78, 5) is 22.8. The molecule has 1 amide bonds. The van der Waals surface area contributed by atoms with Gasteiger partial charge in [-0.3, -0.25) is 9.59 Å². The summed E-state index contributed by atoms with van der Waals surface area (Å²) in [5, 5.41) is 11.7. The third-order valence-corrected chi connectivity index (χ3v) is 3.24. The normalized spacial score (nSPS) is 22.7. The number of hydrogen-bond donors (Lipinski definition) is 2. The van der Waals surface area contributed by atoms with Crippen LogP contribution in [0.1, 0.15) is 29.6 Å². The van der Waals surface area contributed by atoms with E-state index in [1.807, 2.05) is 0 Å². The van der Waals surface area contributed by atoms with Crippen molar-refractivity contribution in [3.63, 3.8) is 0 Å². The molecule has 0 heterocycles. The van der Waals surface area contributed by atoms with Gasteiger partial charge in [-0.25, -0.2) is 4.39 Å². The molecule has 2 atom stereocenters. The van der Waals surface area contributed by atoms with Crippen molar-refractivity contribution < 1.29 is 19.1 Å². The first-order chi connectivity index (χ1) is 8.58. The van der Waals surface area contributed by atoms with Crippen molar-refractivity contribution in [3.05, 3.63) is 35.6 Å².